The van der Waals surface area contributed by atoms with E-state index in [-0.39, 0.29) is 0 Å². The fourth-order valence-corrected chi connectivity index (χ4v) is 3.86. The molecule has 3 rings (SSSR count). The summed E-state index contributed by atoms with van der Waals surface area (Å²) in [4.78, 5) is 0. The van der Waals surface area contributed by atoms with Crippen molar-refractivity contribution in [1.29, 1.82) is 0 Å². The standard InChI is InChI=1S/C25H30O/c1-3-20-10-14-24(15-11-20)25-16-12-22(13-17-25)5-4-21-6-8-23(9-7-21)18-19-26-2/h6-9,12-13,16-17,20,24H,3,10-11,14-15,18-19H2,1-2H3. The predicted molar refractivity (Wildman–Crippen MR) is 109 cm³/mol. The van der Waals surface area contributed by atoms with E-state index >= 15 is 0 Å². The lowest BCUT2D eigenvalue weighted by molar-refractivity contribution is 0.202. The molecule has 0 spiro atoms. The molecule has 0 unspecified atom stereocenters. The van der Waals surface area contributed by atoms with Crippen molar-refractivity contribution in [2.45, 2.75) is 51.4 Å². The summed E-state index contributed by atoms with van der Waals surface area (Å²) in [6.07, 6.45) is 7.77. The molecule has 0 N–H and O–H groups in total. The van der Waals surface area contributed by atoms with Crippen LogP contribution in [0.3, 0.4) is 0 Å². The lowest BCUT2D eigenvalue weighted by Gasteiger charge is -2.28. The molecule has 0 saturated heterocycles. The third kappa shape index (κ3) is 5.23. The first-order valence-electron chi connectivity index (χ1n) is 9.98. The second-order valence-corrected chi connectivity index (χ2v) is 7.44. The number of methoxy groups -OCH3 is 1. The number of hydrogen-bond donors (Lipinski definition) is 0. The van der Waals surface area contributed by atoms with Gasteiger partial charge in [-0.15, -0.1) is 0 Å². The molecule has 0 heterocycles. The molecule has 0 aliphatic heterocycles. The molecule has 0 amide bonds. The number of benzene rings is 2. The zero-order valence-corrected chi connectivity index (χ0v) is 16.1. The van der Waals surface area contributed by atoms with Gasteiger partial charge < -0.3 is 4.74 Å². The van der Waals surface area contributed by atoms with Gasteiger partial charge in [0.2, 0.25) is 0 Å². The van der Waals surface area contributed by atoms with Crippen LogP contribution in [0.5, 0.6) is 0 Å². The van der Waals surface area contributed by atoms with Crippen molar-refractivity contribution in [1.82, 2.24) is 0 Å². The van der Waals surface area contributed by atoms with E-state index in [4.69, 9.17) is 4.74 Å². The van der Waals surface area contributed by atoms with Crippen LogP contribution in [0.2, 0.25) is 0 Å². The molecule has 1 aliphatic carbocycles. The number of ether oxygens (including phenoxy) is 1. The van der Waals surface area contributed by atoms with Crippen LogP contribution >= 0.6 is 0 Å². The molecule has 0 radical (unpaired) electrons. The van der Waals surface area contributed by atoms with Crippen molar-refractivity contribution in [2.75, 3.05) is 13.7 Å². The predicted octanol–water partition coefficient (Wildman–Crippen LogP) is 5.96. The highest BCUT2D eigenvalue weighted by molar-refractivity contribution is 5.44. The Morgan fingerprint density at radius 2 is 1.42 bits per heavy atom. The van der Waals surface area contributed by atoms with Crippen molar-refractivity contribution in [3.8, 4) is 11.8 Å². The molecule has 26 heavy (non-hydrogen) atoms. The van der Waals surface area contributed by atoms with Gasteiger partial charge in [-0.25, -0.2) is 0 Å². The van der Waals surface area contributed by atoms with E-state index < -0.39 is 0 Å². The summed E-state index contributed by atoms with van der Waals surface area (Å²) in [6, 6.07) is 17.4. The van der Waals surface area contributed by atoms with Gasteiger partial charge in [-0.2, -0.15) is 0 Å². The van der Waals surface area contributed by atoms with E-state index in [9.17, 15) is 0 Å². The van der Waals surface area contributed by atoms with E-state index in [1.165, 1.54) is 43.2 Å². The first-order valence-corrected chi connectivity index (χ1v) is 9.98. The maximum absolute atomic E-state index is 5.12. The van der Waals surface area contributed by atoms with Gasteiger partial charge in [0.05, 0.1) is 6.61 Å². The molecular weight excluding hydrogens is 316 g/mol. The molecule has 1 saturated carbocycles. The quantitative estimate of drug-likeness (QED) is 0.607. The van der Waals surface area contributed by atoms with Gasteiger partial charge in [0.15, 0.2) is 0 Å². The summed E-state index contributed by atoms with van der Waals surface area (Å²) in [5, 5.41) is 0. The van der Waals surface area contributed by atoms with Crippen molar-refractivity contribution >= 4 is 0 Å². The second-order valence-electron chi connectivity index (χ2n) is 7.44. The van der Waals surface area contributed by atoms with Gasteiger partial charge in [-0.1, -0.05) is 49.5 Å². The Labute approximate surface area is 158 Å². The third-order valence-electron chi connectivity index (χ3n) is 5.71. The summed E-state index contributed by atoms with van der Waals surface area (Å²) < 4.78 is 5.12. The van der Waals surface area contributed by atoms with Crippen LogP contribution in [0, 0.1) is 17.8 Å². The van der Waals surface area contributed by atoms with Gasteiger partial charge in [0.25, 0.3) is 0 Å². The minimum Gasteiger partial charge on any atom is -0.384 e. The maximum Gasteiger partial charge on any atom is 0.0502 e. The van der Waals surface area contributed by atoms with Gasteiger partial charge in [0.1, 0.15) is 0 Å². The zero-order chi connectivity index (χ0) is 18.2. The minimum atomic E-state index is 0.749. The topological polar surface area (TPSA) is 9.23 Å². The highest BCUT2D eigenvalue weighted by atomic mass is 16.5. The summed E-state index contributed by atoms with van der Waals surface area (Å²) in [5.41, 5.74) is 4.94. The van der Waals surface area contributed by atoms with Crippen LogP contribution in [0.4, 0.5) is 0 Å². The highest BCUT2D eigenvalue weighted by Gasteiger charge is 2.20. The lowest BCUT2D eigenvalue weighted by atomic mass is 9.78. The molecule has 1 fully saturated rings. The molecule has 136 valence electrons. The summed E-state index contributed by atoms with van der Waals surface area (Å²) in [5.74, 6) is 8.28. The Kier molecular flexibility index (Phi) is 6.92. The van der Waals surface area contributed by atoms with E-state index in [0.29, 0.717) is 0 Å². The Hall–Kier alpha value is -2.04. The Bertz CT molecular complexity index is 722. The Morgan fingerprint density at radius 3 is 1.96 bits per heavy atom. The van der Waals surface area contributed by atoms with Gasteiger partial charge in [-0.3, -0.25) is 0 Å². The number of rotatable bonds is 5. The Morgan fingerprint density at radius 1 is 0.846 bits per heavy atom. The van der Waals surface area contributed by atoms with E-state index in [1.807, 2.05) is 0 Å². The Balaban J connectivity index is 1.59. The van der Waals surface area contributed by atoms with E-state index in [1.54, 1.807) is 7.11 Å². The van der Waals surface area contributed by atoms with Crippen LogP contribution in [-0.2, 0) is 11.2 Å². The molecule has 1 heteroatoms. The van der Waals surface area contributed by atoms with Gasteiger partial charge >= 0.3 is 0 Å². The van der Waals surface area contributed by atoms with Gasteiger partial charge in [-0.05, 0) is 79.3 Å². The average Bonchev–Trinajstić information content (AvgIpc) is 2.72. The summed E-state index contributed by atoms with van der Waals surface area (Å²) in [7, 11) is 1.74. The summed E-state index contributed by atoms with van der Waals surface area (Å²) >= 11 is 0. The molecule has 0 aromatic heterocycles. The maximum atomic E-state index is 5.12. The zero-order valence-electron chi connectivity index (χ0n) is 16.1. The van der Waals surface area contributed by atoms with E-state index in [0.717, 1.165) is 36.0 Å². The lowest BCUT2D eigenvalue weighted by Crippen LogP contribution is -2.12. The molecule has 1 aliphatic rings. The van der Waals surface area contributed by atoms with Crippen LogP contribution in [-0.4, -0.2) is 13.7 Å². The number of hydrogen-bond acceptors (Lipinski definition) is 1. The van der Waals surface area contributed by atoms with Crippen LogP contribution in [0.25, 0.3) is 0 Å². The SMILES string of the molecule is CCC1CCC(c2ccc(C#Cc3ccc(CCOC)cc3)cc2)CC1. The first kappa shape index (κ1) is 18.7. The minimum absolute atomic E-state index is 0.749. The van der Waals surface area contributed by atoms with Crippen molar-refractivity contribution in [3.63, 3.8) is 0 Å². The van der Waals surface area contributed by atoms with Crippen LogP contribution in [0.1, 0.15) is 67.2 Å². The van der Waals surface area contributed by atoms with Crippen molar-refractivity contribution in [3.05, 3.63) is 70.8 Å². The normalized spacial score (nSPS) is 19.6. The summed E-state index contributed by atoms with van der Waals surface area (Å²) in [6.45, 7) is 3.09. The third-order valence-corrected chi connectivity index (χ3v) is 5.71. The van der Waals surface area contributed by atoms with Crippen LogP contribution in [0.15, 0.2) is 48.5 Å². The first-order chi connectivity index (χ1) is 12.8. The monoisotopic (exact) mass is 346 g/mol. The largest absolute Gasteiger partial charge is 0.384 e. The van der Waals surface area contributed by atoms with Gasteiger partial charge in [0, 0.05) is 18.2 Å². The smallest absolute Gasteiger partial charge is 0.0502 e. The highest BCUT2D eigenvalue weighted by Crippen LogP contribution is 2.36. The molecule has 0 atom stereocenters. The van der Waals surface area contributed by atoms with Crippen LogP contribution < -0.4 is 0 Å². The molecular formula is C25H30O. The fraction of sp³-hybridized carbons (Fsp3) is 0.440. The second kappa shape index (κ2) is 9.60. The van der Waals surface area contributed by atoms with Crippen molar-refractivity contribution in [2.24, 2.45) is 5.92 Å². The molecule has 2 aromatic carbocycles. The fourth-order valence-electron chi connectivity index (χ4n) is 3.86. The van der Waals surface area contributed by atoms with Crippen molar-refractivity contribution < 1.29 is 4.74 Å². The molecule has 2 aromatic rings. The van der Waals surface area contributed by atoms with E-state index in [2.05, 4.69) is 67.3 Å². The average molecular weight is 347 g/mol. The molecule has 1 nitrogen and oxygen atoms in total. The molecule has 0 bridgehead atoms.